The minimum Gasteiger partial charge on any atom is -0.480 e. The van der Waals surface area contributed by atoms with Crippen LogP contribution in [0.4, 0.5) is 0 Å². The first kappa shape index (κ1) is 15.4. The smallest absolute Gasteiger partial charge is 0.326 e. The fraction of sp³-hybridized carbons (Fsp3) is 0.333. The lowest BCUT2D eigenvalue weighted by Crippen LogP contribution is -2.41. The van der Waals surface area contributed by atoms with E-state index in [1.54, 1.807) is 18.0 Å². The number of carboxylic acid groups (broad SMARTS) is 1. The maximum absolute atomic E-state index is 12.4. The summed E-state index contributed by atoms with van der Waals surface area (Å²) in [5.41, 5.74) is 1.45. The number of aryl methyl sites for hydroxylation is 1. The minimum absolute atomic E-state index is 0.347. The second-order valence-electron chi connectivity index (χ2n) is 4.82. The largest absolute Gasteiger partial charge is 0.480 e. The molecule has 0 aliphatic rings. The molecular formula is C15H18N2O3S. The van der Waals surface area contributed by atoms with Gasteiger partial charge in [0.15, 0.2) is 0 Å². The average Bonchev–Trinajstić information content (AvgIpc) is 2.81. The third kappa shape index (κ3) is 3.39. The lowest BCUT2D eigenvalue weighted by molar-refractivity contribution is -0.139. The summed E-state index contributed by atoms with van der Waals surface area (Å²) in [6, 6.07) is 6.70. The second-order valence-corrected chi connectivity index (χ2v) is 5.80. The van der Waals surface area contributed by atoms with Crippen LogP contribution in [0.15, 0.2) is 30.5 Å². The van der Waals surface area contributed by atoms with Crippen LogP contribution in [0.2, 0.25) is 0 Å². The van der Waals surface area contributed by atoms with Gasteiger partial charge in [0.1, 0.15) is 6.04 Å². The number of hydrogen-bond donors (Lipinski definition) is 2. The van der Waals surface area contributed by atoms with Crippen molar-refractivity contribution in [2.45, 2.75) is 12.5 Å². The highest BCUT2D eigenvalue weighted by molar-refractivity contribution is 7.98. The molecule has 1 heterocycles. The van der Waals surface area contributed by atoms with Gasteiger partial charge in [-0.05, 0) is 24.5 Å². The Balaban J connectivity index is 2.23. The van der Waals surface area contributed by atoms with E-state index in [0.29, 0.717) is 17.7 Å². The van der Waals surface area contributed by atoms with Crippen LogP contribution < -0.4 is 5.32 Å². The van der Waals surface area contributed by atoms with Crippen molar-refractivity contribution in [2.24, 2.45) is 7.05 Å². The Labute approximate surface area is 127 Å². The summed E-state index contributed by atoms with van der Waals surface area (Å²) in [4.78, 5) is 23.6. The zero-order valence-corrected chi connectivity index (χ0v) is 12.8. The predicted octanol–water partition coefficient (Wildman–Crippen LogP) is 2.11. The molecule has 1 aromatic carbocycles. The van der Waals surface area contributed by atoms with Crippen molar-refractivity contribution in [3.8, 4) is 0 Å². The molecule has 2 rings (SSSR count). The van der Waals surface area contributed by atoms with E-state index in [2.05, 4.69) is 5.32 Å². The van der Waals surface area contributed by atoms with Crippen LogP contribution in [0, 0.1) is 0 Å². The molecule has 1 amide bonds. The summed E-state index contributed by atoms with van der Waals surface area (Å²) in [6.45, 7) is 0. The van der Waals surface area contributed by atoms with Gasteiger partial charge in [-0.2, -0.15) is 11.8 Å². The molecule has 0 aliphatic carbocycles. The highest BCUT2D eigenvalue weighted by atomic mass is 32.2. The second kappa shape index (κ2) is 6.67. The van der Waals surface area contributed by atoms with Gasteiger partial charge < -0.3 is 15.0 Å². The Hall–Kier alpha value is -1.95. The number of aliphatic carboxylic acids is 1. The van der Waals surface area contributed by atoms with Crippen LogP contribution in [0.3, 0.4) is 0 Å². The van der Waals surface area contributed by atoms with Crippen molar-refractivity contribution in [3.05, 3.63) is 36.0 Å². The Morgan fingerprint density at radius 2 is 2.10 bits per heavy atom. The fourth-order valence-electron chi connectivity index (χ4n) is 2.25. The standard InChI is InChI=1S/C15H18N2O3S/c1-17-9-11(10-5-3-4-6-13(10)17)14(18)16-12(15(19)20)7-8-21-2/h3-6,9,12H,7-8H2,1-2H3,(H,16,18)(H,19,20)/t12-/m0/s1. The predicted molar refractivity (Wildman–Crippen MR) is 84.8 cm³/mol. The maximum atomic E-state index is 12.4. The molecule has 21 heavy (non-hydrogen) atoms. The molecule has 1 aromatic heterocycles. The van der Waals surface area contributed by atoms with E-state index in [-0.39, 0.29) is 5.91 Å². The number of benzene rings is 1. The summed E-state index contributed by atoms with van der Waals surface area (Å²) in [7, 11) is 1.86. The zero-order chi connectivity index (χ0) is 15.4. The molecule has 0 fully saturated rings. The van der Waals surface area contributed by atoms with Gasteiger partial charge in [-0.1, -0.05) is 18.2 Å². The molecule has 0 saturated carbocycles. The Bertz CT molecular complexity index is 666. The number of carbonyl (C=O) groups excluding carboxylic acids is 1. The molecule has 0 unspecified atom stereocenters. The van der Waals surface area contributed by atoms with Crippen LogP contribution in [0.5, 0.6) is 0 Å². The molecule has 0 saturated heterocycles. The van der Waals surface area contributed by atoms with Gasteiger partial charge in [0.2, 0.25) is 0 Å². The van der Waals surface area contributed by atoms with Gasteiger partial charge in [-0.25, -0.2) is 4.79 Å². The Kier molecular flexibility index (Phi) is 4.90. The lowest BCUT2D eigenvalue weighted by atomic mass is 10.1. The first-order valence-electron chi connectivity index (χ1n) is 6.61. The molecule has 0 aliphatic heterocycles. The third-order valence-corrected chi connectivity index (χ3v) is 4.00. The number of para-hydroxylation sites is 1. The number of aromatic nitrogens is 1. The van der Waals surface area contributed by atoms with Gasteiger partial charge in [0.05, 0.1) is 5.56 Å². The van der Waals surface area contributed by atoms with Gasteiger partial charge in [-0.15, -0.1) is 0 Å². The highest BCUT2D eigenvalue weighted by Crippen LogP contribution is 2.20. The summed E-state index contributed by atoms with van der Waals surface area (Å²) >= 11 is 1.56. The topological polar surface area (TPSA) is 71.3 Å². The number of amides is 1. The number of carbonyl (C=O) groups is 2. The van der Waals surface area contributed by atoms with E-state index in [0.717, 1.165) is 10.9 Å². The van der Waals surface area contributed by atoms with Gasteiger partial charge in [0, 0.05) is 24.1 Å². The van der Waals surface area contributed by atoms with Gasteiger partial charge in [0.25, 0.3) is 5.91 Å². The molecule has 2 aromatic rings. The number of carboxylic acids is 1. The summed E-state index contributed by atoms with van der Waals surface area (Å²) in [5, 5.41) is 12.6. The van der Waals surface area contributed by atoms with Crippen LogP contribution in [0.25, 0.3) is 10.9 Å². The highest BCUT2D eigenvalue weighted by Gasteiger charge is 2.22. The number of hydrogen-bond acceptors (Lipinski definition) is 3. The minimum atomic E-state index is -1.00. The SMILES string of the molecule is CSCC[C@H](NC(=O)c1cn(C)c2ccccc12)C(=O)O. The summed E-state index contributed by atoms with van der Waals surface area (Å²) in [6.07, 6.45) is 4.05. The number of thioether (sulfide) groups is 1. The fourth-order valence-corrected chi connectivity index (χ4v) is 2.72. The van der Waals surface area contributed by atoms with E-state index in [9.17, 15) is 14.7 Å². The molecule has 0 bridgehead atoms. The average molecular weight is 306 g/mol. The van der Waals surface area contributed by atoms with Crippen LogP contribution >= 0.6 is 11.8 Å². The Morgan fingerprint density at radius 1 is 1.38 bits per heavy atom. The molecule has 112 valence electrons. The third-order valence-electron chi connectivity index (χ3n) is 3.36. The van der Waals surface area contributed by atoms with E-state index in [4.69, 9.17) is 0 Å². The quantitative estimate of drug-likeness (QED) is 0.857. The number of nitrogens with one attached hydrogen (secondary N) is 1. The van der Waals surface area contributed by atoms with Gasteiger partial charge in [-0.3, -0.25) is 4.79 Å². The Morgan fingerprint density at radius 3 is 2.76 bits per heavy atom. The lowest BCUT2D eigenvalue weighted by Gasteiger charge is -2.13. The van der Waals surface area contributed by atoms with Crippen molar-refractivity contribution in [3.63, 3.8) is 0 Å². The molecule has 6 heteroatoms. The molecule has 0 spiro atoms. The molecule has 1 atom stereocenters. The van der Waals surface area contributed by atoms with Crippen molar-refractivity contribution in [2.75, 3.05) is 12.0 Å². The van der Waals surface area contributed by atoms with E-state index >= 15 is 0 Å². The summed E-state index contributed by atoms with van der Waals surface area (Å²) in [5.74, 6) is -0.662. The normalized spacial score (nSPS) is 12.3. The first-order valence-corrected chi connectivity index (χ1v) is 8.00. The summed E-state index contributed by atoms with van der Waals surface area (Å²) < 4.78 is 1.86. The van der Waals surface area contributed by atoms with Gasteiger partial charge >= 0.3 is 5.97 Å². The van der Waals surface area contributed by atoms with Crippen LogP contribution in [-0.2, 0) is 11.8 Å². The van der Waals surface area contributed by atoms with Crippen LogP contribution in [-0.4, -0.2) is 39.6 Å². The van der Waals surface area contributed by atoms with Crippen molar-refractivity contribution >= 4 is 34.5 Å². The monoisotopic (exact) mass is 306 g/mol. The number of nitrogens with zero attached hydrogens (tertiary/aromatic N) is 1. The van der Waals surface area contributed by atoms with E-state index in [1.165, 1.54) is 0 Å². The van der Waals surface area contributed by atoms with E-state index < -0.39 is 12.0 Å². The number of fused-ring (bicyclic) bond motifs is 1. The molecule has 0 radical (unpaired) electrons. The maximum Gasteiger partial charge on any atom is 0.326 e. The van der Waals surface area contributed by atoms with Crippen molar-refractivity contribution in [1.82, 2.24) is 9.88 Å². The van der Waals surface area contributed by atoms with E-state index in [1.807, 2.05) is 42.1 Å². The molecule has 2 N–H and O–H groups in total. The zero-order valence-electron chi connectivity index (χ0n) is 12.0. The van der Waals surface area contributed by atoms with Crippen LogP contribution in [0.1, 0.15) is 16.8 Å². The molecular weight excluding hydrogens is 288 g/mol. The van der Waals surface area contributed by atoms with Crippen molar-refractivity contribution in [1.29, 1.82) is 0 Å². The first-order chi connectivity index (χ1) is 10.0. The molecule has 5 nitrogen and oxygen atoms in total. The van der Waals surface area contributed by atoms with Crippen molar-refractivity contribution < 1.29 is 14.7 Å². The number of rotatable bonds is 6.